The van der Waals surface area contributed by atoms with Crippen molar-refractivity contribution in [2.75, 3.05) is 19.3 Å². The van der Waals surface area contributed by atoms with Crippen LogP contribution in [0.4, 0.5) is 0 Å². The average molecular weight is 449 g/mol. The highest BCUT2D eigenvalue weighted by Gasteiger charge is 2.34. The number of nitrogens with zero attached hydrogens (tertiary/aromatic N) is 4. The minimum Gasteiger partial charge on any atom is -0.287 e. The summed E-state index contributed by atoms with van der Waals surface area (Å²) in [5.41, 5.74) is 0.752. The average Bonchev–Trinajstić information content (AvgIpc) is 2.98. The van der Waals surface area contributed by atoms with E-state index in [2.05, 4.69) is 4.98 Å². The molecule has 2 radical (unpaired) electrons. The molecule has 0 bridgehead atoms. The molecule has 1 aliphatic heterocycles. The molecule has 11 heteroatoms. The maximum atomic E-state index is 13.1. The number of hydrogen-bond acceptors (Lipinski definition) is 6. The first-order chi connectivity index (χ1) is 14.1. The quantitative estimate of drug-likeness (QED) is 0.592. The SMILES string of the molecule is [CH]n1c(=O)n(C2CCN(S(=O)(=O)c3ccccc3S(C)(=O)=O)CC2)c2cnccc21. The zero-order valence-electron chi connectivity index (χ0n) is 16.2. The van der Waals surface area contributed by atoms with Gasteiger partial charge in [0, 0.05) is 31.6 Å². The molecule has 0 spiro atoms. The Morgan fingerprint density at radius 3 is 2.27 bits per heavy atom. The lowest BCUT2D eigenvalue weighted by molar-refractivity contribution is 0.273. The van der Waals surface area contributed by atoms with Crippen molar-refractivity contribution in [3.63, 3.8) is 0 Å². The summed E-state index contributed by atoms with van der Waals surface area (Å²) in [6.07, 6.45) is 4.86. The predicted molar refractivity (Wildman–Crippen MR) is 110 cm³/mol. The molecule has 3 heterocycles. The Hall–Kier alpha value is -2.50. The standard InChI is InChI=1S/C19H20N4O5S2/c1-21-15-7-10-20-13-16(15)23(19(21)24)14-8-11-22(12-9-14)30(27,28)18-6-4-3-5-17(18)29(2,25)26/h1,3-7,10,13-14H,8-9,11-12H2,2H3. The lowest BCUT2D eigenvalue weighted by Crippen LogP contribution is -2.41. The number of fused-ring (bicyclic) bond motifs is 1. The van der Waals surface area contributed by atoms with E-state index in [1.54, 1.807) is 23.0 Å². The van der Waals surface area contributed by atoms with Crippen molar-refractivity contribution in [3.05, 3.63) is 60.3 Å². The van der Waals surface area contributed by atoms with Crippen LogP contribution in [-0.4, -0.2) is 54.6 Å². The second-order valence-electron chi connectivity index (χ2n) is 7.24. The van der Waals surface area contributed by atoms with Gasteiger partial charge in [0.05, 0.1) is 29.2 Å². The molecule has 4 rings (SSSR count). The fourth-order valence-corrected chi connectivity index (χ4v) is 6.96. The molecule has 1 aromatic carbocycles. The second kappa shape index (κ2) is 7.33. The Kier molecular flexibility index (Phi) is 5.07. The number of aromatic nitrogens is 3. The summed E-state index contributed by atoms with van der Waals surface area (Å²) in [7, 11) is -1.85. The smallest absolute Gasteiger partial charge is 0.287 e. The minimum atomic E-state index is -4.00. The molecule has 1 saturated heterocycles. The van der Waals surface area contributed by atoms with Crippen molar-refractivity contribution in [3.8, 4) is 0 Å². The van der Waals surface area contributed by atoms with E-state index >= 15 is 0 Å². The van der Waals surface area contributed by atoms with Crippen molar-refractivity contribution in [2.45, 2.75) is 28.7 Å². The van der Waals surface area contributed by atoms with Gasteiger partial charge in [-0.1, -0.05) is 12.1 Å². The number of benzene rings is 1. The molecule has 0 saturated carbocycles. The van der Waals surface area contributed by atoms with Gasteiger partial charge in [0.1, 0.15) is 4.90 Å². The third-order valence-corrected chi connectivity index (χ3v) is 8.60. The summed E-state index contributed by atoms with van der Waals surface area (Å²) in [6.45, 7) is 0.296. The number of sulfone groups is 1. The van der Waals surface area contributed by atoms with Crippen LogP contribution in [0.1, 0.15) is 18.9 Å². The molecule has 0 unspecified atom stereocenters. The maximum Gasteiger partial charge on any atom is 0.329 e. The highest BCUT2D eigenvalue weighted by atomic mass is 32.2. The summed E-state index contributed by atoms with van der Waals surface area (Å²) < 4.78 is 54.2. The Balaban J connectivity index is 1.64. The lowest BCUT2D eigenvalue weighted by atomic mass is 10.1. The van der Waals surface area contributed by atoms with Crippen molar-refractivity contribution in [1.82, 2.24) is 18.4 Å². The van der Waals surface area contributed by atoms with Gasteiger partial charge in [-0.3, -0.25) is 14.1 Å². The number of piperidine rings is 1. The normalized spacial score (nSPS) is 16.9. The first-order valence-electron chi connectivity index (χ1n) is 9.23. The molecule has 0 aliphatic carbocycles. The Bertz CT molecular complexity index is 1380. The van der Waals surface area contributed by atoms with Crippen molar-refractivity contribution in [1.29, 1.82) is 0 Å². The minimum absolute atomic E-state index is 0.148. The molecule has 0 N–H and O–H groups in total. The van der Waals surface area contributed by atoms with Crippen molar-refractivity contribution >= 4 is 30.9 Å². The van der Waals surface area contributed by atoms with Gasteiger partial charge in [0.2, 0.25) is 10.0 Å². The van der Waals surface area contributed by atoms with Crippen LogP contribution in [0.5, 0.6) is 0 Å². The Labute approximate surface area is 174 Å². The van der Waals surface area contributed by atoms with E-state index in [-0.39, 0.29) is 34.6 Å². The Morgan fingerprint density at radius 2 is 1.63 bits per heavy atom. The van der Waals surface area contributed by atoms with Crippen molar-refractivity contribution in [2.24, 2.45) is 0 Å². The van der Waals surface area contributed by atoms with Crippen molar-refractivity contribution < 1.29 is 16.8 Å². The van der Waals surface area contributed by atoms with Crippen LogP contribution in [0.3, 0.4) is 0 Å². The molecule has 1 fully saturated rings. The largest absolute Gasteiger partial charge is 0.329 e. The van der Waals surface area contributed by atoms with E-state index in [9.17, 15) is 21.6 Å². The van der Waals surface area contributed by atoms with E-state index in [4.69, 9.17) is 7.05 Å². The molecule has 158 valence electrons. The van der Waals surface area contributed by atoms with Crippen LogP contribution in [0.25, 0.3) is 11.0 Å². The molecule has 2 aromatic heterocycles. The highest BCUT2D eigenvalue weighted by molar-refractivity contribution is 7.93. The zero-order valence-corrected chi connectivity index (χ0v) is 17.8. The van der Waals surface area contributed by atoms with Gasteiger partial charge in [0.25, 0.3) is 0 Å². The number of pyridine rings is 1. The molecule has 0 atom stereocenters. The second-order valence-corrected chi connectivity index (χ2v) is 11.1. The van der Waals surface area contributed by atoms with Gasteiger partial charge in [-0.15, -0.1) is 0 Å². The zero-order chi connectivity index (χ0) is 21.7. The van der Waals surface area contributed by atoms with Gasteiger partial charge < -0.3 is 0 Å². The van der Waals surface area contributed by atoms with Gasteiger partial charge in [-0.2, -0.15) is 4.31 Å². The van der Waals surface area contributed by atoms with Crippen LogP contribution in [0, 0.1) is 7.05 Å². The van der Waals surface area contributed by atoms with Gasteiger partial charge in [0.15, 0.2) is 9.84 Å². The van der Waals surface area contributed by atoms with Crippen LogP contribution in [-0.2, 0) is 19.9 Å². The molecule has 9 nitrogen and oxygen atoms in total. The summed E-state index contributed by atoms with van der Waals surface area (Å²) in [6, 6.07) is 6.98. The summed E-state index contributed by atoms with van der Waals surface area (Å²) in [5.74, 6) is 0. The number of sulfonamides is 1. The molecule has 3 aromatic rings. The number of hydrogen-bond donors (Lipinski definition) is 0. The molecular formula is C19H20N4O5S2. The van der Waals surface area contributed by atoms with Gasteiger partial charge in [-0.25, -0.2) is 21.6 Å². The molecule has 1 aliphatic rings. The van der Waals surface area contributed by atoms with Crippen LogP contribution in [0.2, 0.25) is 0 Å². The number of rotatable bonds is 4. The fraction of sp³-hybridized carbons (Fsp3) is 0.316. The lowest BCUT2D eigenvalue weighted by Gasteiger charge is -2.32. The predicted octanol–water partition coefficient (Wildman–Crippen LogP) is 1.14. The van der Waals surface area contributed by atoms with Gasteiger partial charge in [-0.05, 0) is 31.0 Å². The Morgan fingerprint density at radius 1 is 1.00 bits per heavy atom. The summed E-state index contributed by atoms with van der Waals surface area (Å²) >= 11 is 0. The summed E-state index contributed by atoms with van der Waals surface area (Å²) in [4.78, 5) is 16.2. The van der Waals surface area contributed by atoms with Crippen LogP contribution >= 0.6 is 0 Å². The van der Waals surface area contributed by atoms with Crippen LogP contribution in [0.15, 0.2) is 57.3 Å². The monoisotopic (exact) mass is 448 g/mol. The van der Waals surface area contributed by atoms with E-state index in [0.29, 0.717) is 23.9 Å². The molecular weight excluding hydrogens is 428 g/mol. The van der Waals surface area contributed by atoms with E-state index < -0.39 is 19.9 Å². The number of imidazole rings is 1. The van der Waals surface area contributed by atoms with E-state index in [0.717, 1.165) is 10.8 Å². The maximum absolute atomic E-state index is 13.1. The van der Waals surface area contributed by atoms with E-state index in [1.807, 2.05) is 0 Å². The summed E-state index contributed by atoms with van der Waals surface area (Å²) in [5, 5.41) is 0. The fourth-order valence-electron chi connectivity index (χ4n) is 3.89. The third-order valence-electron chi connectivity index (χ3n) is 5.36. The topological polar surface area (TPSA) is 111 Å². The molecule has 0 amide bonds. The third kappa shape index (κ3) is 3.36. The molecule has 30 heavy (non-hydrogen) atoms. The van der Waals surface area contributed by atoms with Gasteiger partial charge >= 0.3 is 5.69 Å². The van der Waals surface area contributed by atoms with E-state index in [1.165, 1.54) is 28.6 Å². The first kappa shape index (κ1) is 20.8. The van der Waals surface area contributed by atoms with Crippen LogP contribution < -0.4 is 5.69 Å². The highest BCUT2D eigenvalue weighted by Crippen LogP contribution is 2.30. The first-order valence-corrected chi connectivity index (χ1v) is 12.6.